The van der Waals surface area contributed by atoms with Crippen molar-refractivity contribution in [1.29, 1.82) is 0 Å². The maximum Gasteiger partial charge on any atom is 0.318 e. The number of rotatable bonds is 6. The third-order valence-electron chi connectivity index (χ3n) is 4.57. The molecule has 0 aliphatic carbocycles. The molecule has 0 saturated heterocycles. The third kappa shape index (κ3) is 5.10. The number of aliphatic hydroxyl groups is 2. The van der Waals surface area contributed by atoms with Gasteiger partial charge in [-0.25, -0.2) is 19.2 Å². The average Bonchev–Trinajstić information content (AvgIpc) is 2.73. The predicted molar refractivity (Wildman–Crippen MR) is 105 cm³/mol. The van der Waals surface area contributed by atoms with Crippen molar-refractivity contribution >= 4 is 23.6 Å². The number of carbonyl (C=O) groups is 1. The molecule has 3 rings (SSSR count). The van der Waals surface area contributed by atoms with E-state index in [2.05, 4.69) is 20.6 Å². The van der Waals surface area contributed by atoms with Gasteiger partial charge in [0, 0.05) is 12.7 Å². The normalized spacial score (nSPS) is 15.4. The van der Waals surface area contributed by atoms with Gasteiger partial charge >= 0.3 is 6.03 Å². The molecule has 9 nitrogen and oxygen atoms in total. The number of fused-ring (bicyclic) bond motifs is 1. The van der Waals surface area contributed by atoms with E-state index in [9.17, 15) is 14.3 Å². The van der Waals surface area contributed by atoms with Crippen LogP contribution in [0.5, 0.6) is 0 Å². The van der Waals surface area contributed by atoms with Crippen molar-refractivity contribution in [3.8, 4) is 0 Å². The van der Waals surface area contributed by atoms with Crippen LogP contribution in [0.2, 0.25) is 5.02 Å². The zero-order valence-corrected chi connectivity index (χ0v) is 16.2. The highest BCUT2D eigenvalue weighted by atomic mass is 35.5. The summed E-state index contributed by atoms with van der Waals surface area (Å²) >= 11 is 5.79. The number of anilines is 1. The van der Waals surface area contributed by atoms with E-state index in [1.54, 1.807) is 11.1 Å². The van der Waals surface area contributed by atoms with Crippen LogP contribution in [-0.4, -0.2) is 57.0 Å². The van der Waals surface area contributed by atoms with E-state index in [-0.39, 0.29) is 30.7 Å². The van der Waals surface area contributed by atoms with Crippen molar-refractivity contribution in [2.75, 3.05) is 25.1 Å². The fourth-order valence-electron chi connectivity index (χ4n) is 2.96. The second kappa shape index (κ2) is 9.31. The minimum absolute atomic E-state index is 0.0834. The Hall–Kier alpha value is -2.53. The van der Waals surface area contributed by atoms with Crippen molar-refractivity contribution in [1.82, 2.24) is 20.2 Å². The van der Waals surface area contributed by atoms with Crippen LogP contribution >= 0.6 is 11.6 Å². The van der Waals surface area contributed by atoms with E-state index in [0.717, 1.165) is 5.56 Å². The van der Waals surface area contributed by atoms with Crippen LogP contribution in [0.15, 0.2) is 24.4 Å². The Bertz CT molecular complexity index is 887. The van der Waals surface area contributed by atoms with Gasteiger partial charge in [-0.1, -0.05) is 17.7 Å². The quantitative estimate of drug-likeness (QED) is 0.432. The molecule has 156 valence electrons. The monoisotopic (exact) mass is 424 g/mol. The summed E-state index contributed by atoms with van der Waals surface area (Å²) < 4.78 is 13.4. The van der Waals surface area contributed by atoms with Crippen LogP contribution in [0.25, 0.3) is 0 Å². The third-order valence-corrected chi connectivity index (χ3v) is 4.86. The number of hydrogen-bond acceptors (Lipinski definition) is 7. The van der Waals surface area contributed by atoms with E-state index in [4.69, 9.17) is 22.4 Å². The van der Waals surface area contributed by atoms with Crippen molar-refractivity contribution in [3.63, 3.8) is 0 Å². The molecule has 6 N–H and O–H groups in total. The van der Waals surface area contributed by atoms with Gasteiger partial charge in [0.15, 0.2) is 0 Å². The van der Waals surface area contributed by atoms with Gasteiger partial charge in [-0.15, -0.1) is 0 Å². The fraction of sp³-hybridized carbons (Fsp3) is 0.389. The van der Waals surface area contributed by atoms with Gasteiger partial charge in [0.25, 0.3) is 0 Å². The molecule has 1 aliphatic rings. The first-order valence-corrected chi connectivity index (χ1v) is 9.38. The number of amides is 2. The standard InChI is InChI=1S/C18H22ClFN6O3/c19-12-5-10(1-2-13(12)20)15(8-27)24-18(29)26-4-3-11-6-22-17(23-14(11)7-26)25-16(21)9-28/h1-2,5-6,15-16,27-28H,3-4,7-9,21H2,(H,24,29)(H,22,23,25)/t15-,16+/m1/s1. The van der Waals surface area contributed by atoms with Gasteiger partial charge < -0.3 is 31.5 Å². The lowest BCUT2D eigenvalue weighted by atomic mass is 10.1. The number of benzene rings is 1. The number of halogens is 2. The summed E-state index contributed by atoms with van der Waals surface area (Å²) in [4.78, 5) is 22.8. The fourth-order valence-corrected chi connectivity index (χ4v) is 3.15. The SMILES string of the molecule is N[C@H](CO)Nc1ncc2c(n1)CN(C(=O)N[C@H](CO)c1ccc(F)c(Cl)c1)CC2. The summed E-state index contributed by atoms with van der Waals surface area (Å²) in [6.07, 6.45) is 1.55. The molecule has 1 aromatic heterocycles. The molecule has 0 unspecified atom stereocenters. The lowest BCUT2D eigenvalue weighted by Crippen LogP contribution is -2.45. The Morgan fingerprint density at radius 1 is 1.38 bits per heavy atom. The van der Waals surface area contributed by atoms with Gasteiger partial charge in [-0.3, -0.25) is 0 Å². The number of aliphatic hydroxyl groups excluding tert-OH is 2. The smallest absolute Gasteiger partial charge is 0.318 e. The van der Waals surface area contributed by atoms with E-state index < -0.39 is 24.1 Å². The van der Waals surface area contributed by atoms with E-state index in [1.807, 2.05) is 0 Å². The molecule has 2 aromatic rings. The van der Waals surface area contributed by atoms with Crippen LogP contribution in [-0.2, 0) is 13.0 Å². The van der Waals surface area contributed by atoms with Crippen molar-refractivity contribution in [2.45, 2.75) is 25.2 Å². The first-order chi connectivity index (χ1) is 13.9. The number of urea groups is 1. The Morgan fingerprint density at radius 2 is 2.17 bits per heavy atom. The van der Waals surface area contributed by atoms with Crippen LogP contribution in [0.3, 0.4) is 0 Å². The zero-order valence-electron chi connectivity index (χ0n) is 15.5. The lowest BCUT2D eigenvalue weighted by Gasteiger charge is -2.30. The molecule has 1 aromatic carbocycles. The highest BCUT2D eigenvalue weighted by Gasteiger charge is 2.25. The van der Waals surface area contributed by atoms with Crippen LogP contribution in [0.4, 0.5) is 15.1 Å². The molecule has 0 bridgehead atoms. The number of aromatic nitrogens is 2. The molecule has 2 atom stereocenters. The summed E-state index contributed by atoms with van der Waals surface area (Å²) in [6, 6.07) is 2.90. The van der Waals surface area contributed by atoms with Gasteiger partial charge in [-0.2, -0.15) is 0 Å². The average molecular weight is 425 g/mol. The largest absolute Gasteiger partial charge is 0.394 e. The highest BCUT2D eigenvalue weighted by molar-refractivity contribution is 6.30. The Balaban J connectivity index is 1.69. The Kier molecular flexibility index (Phi) is 6.80. The second-order valence-electron chi connectivity index (χ2n) is 6.63. The van der Waals surface area contributed by atoms with Crippen LogP contribution in [0, 0.1) is 5.82 Å². The first-order valence-electron chi connectivity index (χ1n) is 9.00. The molecule has 2 heterocycles. The molecule has 1 aliphatic heterocycles. The minimum atomic E-state index is -0.729. The summed E-state index contributed by atoms with van der Waals surface area (Å²) in [5.74, 6) is -0.308. The summed E-state index contributed by atoms with van der Waals surface area (Å²) in [5.41, 5.74) is 7.71. The van der Waals surface area contributed by atoms with Gasteiger partial charge in [0.05, 0.1) is 36.5 Å². The Morgan fingerprint density at radius 3 is 2.86 bits per heavy atom. The van der Waals surface area contributed by atoms with Crippen molar-refractivity contribution in [2.24, 2.45) is 5.73 Å². The topological polar surface area (TPSA) is 137 Å². The van der Waals surface area contributed by atoms with E-state index in [1.165, 1.54) is 18.2 Å². The molecule has 0 radical (unpaired) electrons. The number of hydrogen-bond donors (Lipinski definition) is 5. The number of carbonyl (C=O) groups excluding carboxylic acids is 1. The summed E-state index contributed by atoms with van der Waals surface area (Å²) in [6.45, 7) is 0.0564. The number of nitrogens with one attached hydrogen (secondary N) is 2. The molecular formula is C18H22ClFN6O3. The first kappa shape index (κ1) is 21.2. The maximum atomic E-state index is 13.4. The summed E-state index contributed by atoms with van der Waals surface area (Å²) in [7, 11) is 0. The molecule has 11 heteroatoms. The minimum Gasteiger partial charge on any atom is -0.394 e. The van der Waals surface area contributed by atoms with Gasteiger partial charge in [0.1, 0.15) is 12.0 Å². The molecule has 2 amide bonds. The second-order valence-corrected chi connectivity index (χ2v) is 7.04. The van der Waals surface area contributed by atoms with Crippen molar-refractivity contribution in [3.05, 3.63) is 52.1 Å². The Labute approximate surface area is 171 Å². The van der Waals surface area contributed by atoms with Crippen molar-refractivity contribution < 1.29 is 19.4 Å². The van der Waals surface area contributed by atoms with Gasteiger partial charge in [0.2, 0.25) is 5.95 Å². The number of nitrogens with zero attached hydrogens (tertiary/aromatic N) is 3. The van der Waals surface area contributed by atoms with Gasteiger partial charge in [-0.05, 0) is 29.7 Å². The van der Waals surface area contributed by atoms with Crippen LogP contribution in [0.1, 0.15) is 22.9 Å². The molecule has 0 spiro atoms. The molecule has 29 heavy (non-hydrogen) atoms. The zero-order chi connectivity index (χ0) is 21.0. The lowest BCUT2D eigenvalue weighted by molar-refractivity contribution is 0.176. The predicted octanol–water partition coefficient (Wildman–Crippen LogP) is 0.759. The summed E-state index contributed by atoms with van der Waals surface area (Å²) in [5, 5.41) is 24.1. The number of nitrogens with two attached hydrogens (primary N) is 1. The molecular weight excluding hydrogens is 403 g/mol. The van der Waals surface area contributed by atoms with Crippen LogP contribution < -0.4 is 16.4 Å². The molecule has 0 fully saturated rings. The highest BCUT2D eigenvalue weighted by Crippen LogP contribution is 2.22. The molecule has 0 saturated carbocycles. The maximum absolute atomic E-state index is 13.4. The van der Waals surface area contributed by atoms with E-state index >= 15 is 0 Å². The van der Waals surface area contributed by atoms with E-state index in [0.29, 0.717) is 24.2 Å².